The van der Waals surface area contributed by atoms with Gasteiger partial charge in [-0.1, -0.05) is 34.9 Å². The van der Waals surface area contributed by atoms with Crippen molar-refractivity contribution in [2.75, 3.05) is 41.0 Å². The standard InChI is InChI=1S/C44H39Cl2N5O6S/c1-22-29-18-24(46)5-13-35(29)58-39(22)33-21-36(48(3)47-33)51-41(54)32-20-30-27(38(44(32,2)43(51)56)31-19-23(45)4-12-34(31)52)10-11-28-37(30)42(55)50(40(28)53)26-8-6-25(7-9-26)49-14-16-57-17-15-49/h4-10,12-13,18-19,21,28,30,32,37-38,52H,11,14-17,20H2,1-3H3. The molecule has 0 radical (unpaired) electrons. The van der Waals surface area contributed by atoms with E-state index in [1.54, 1.807) is 48.2 Å². The molecule has 5 heterocycles. The summed E-state index contributed by atoms with van der Waals surface area (Å²) in [5.74, 6) is -4.87. The monoisotopic (exact) mass is 835 g/mol. The number of imide groups is 2. The van der Waals surface area contributed by atoms with Gasteiger partial charge in [-0.25, -0.2) is 4.90 Å². The first kappa shape index (κ1) is 37.3. The number of amides is 4. The highest BCUT2D eigenvalue weighted by Gasteiger charge is 2.68. The number of allylic oxidation sites excluding steroid dienone is 2. The maximum atomic E-state index is 15.2. The van der Waals surface area contributed by atoms with Crippen LogP contribution in [0.15, 0.2) is 78.4 Å². The van der Waals surface area contributed by atoms with E-state index in [9.17, 15) is 19.5 Å². The van der Waals surface area contributed by atoms with Gasteiger partial charge in [0.05, 0.1) is 46.9 Å². The number of hydrogen-bond donors (Lipinski definition) is 1. The molecule has 4 fully saturated rings. The van der Waals surface area contributed by atoms with Crippen LogP contribution in [-0.4, -0.2) is 64.8 Å². The van der Waals surface area contributed by atoms with Crippen LogP contribution in [0.4, 0.5) is 17.2 Å². The van der Waals surface area contributed by atoms with Gasteiger partial charge in [0.15, 0.2) is 0 Å². The van der Waals surface area contributed by atoms with Gasteiger partial charge in [-0.3, -0.25) is 28.8 Å². The summed E-state index contributed by atoms with van der Waals surface area (Å²) in [5.41, 5.74) is 2.88. The molecule has 6 atom stereocenters. The summed E-state index contributed by atoms with van der Waals surface area (Å²) < 4.78 is 8.09. The van der Waals surface area contributed by atoms with E-state index in [-0.39, 0.29) is 30.4 Å². The number of carbonyl (C=O) groups excluding carboxylic acids is 4. The summed E-state index contributed by atoms with van der Waals surface area (Å²) in [5, 5.41) is 18.2. The van der Waals surface area contributed by atoms with E-state index in [0.717, 1.165) is 44.9 Å². The minimum absolute atomic E-state index is 0.0734. The first-order valence-corrected chi connectivity index (χ1v) is 21.0. The van der Waals surface area contributed by atoms with Crippen molar-refractivity contribution in [1.29, 1.82) is 0 Å². The number of aromatic hydroxyl groups is 1. The summed E-state index contributed by atoms with van der Waals surface area (Å²) in [4.78, 5) is 64.6. The summed E-state index contributed by atoms with van der Waals surface area (Å²) in [6, 6.07) is 19.7. The van der Waals surface area contributed by atoms with E-state index in [4.69, 9.17) is 33.0 Å². The Bertz CT molecular complexity index is 2630. The van der Waals surface area contributed by atoms with Gasteiger partial charge >= 0.3 is 0 Å². The predicted octanol–water partition coefficient (Wildman–Crippen LogP) is 7.89. The second-order valence-electron chi connectivity index (χ2n) is 16.2. The Morgan fingerprint density at radius 3 is 2.33 bits per heavy atom. The second-order valence-corrected chi connectivity index (χ2v) is 18.1. The lowest BCUT2D eigenvalue weighted by Gasteiger charge is -2.49. The number of thiophene rings is 1. The van der Waals surface area contributed by atoms with E-state index in [0.29, 0.717) is 46.0 Å². The van der Waals surface area contributed by atoms with Crippen LogP contribution in [0.3, 0.4) is 0 Å². The number of morpholine rings is 1. The molecule has 6 unspecified atom stereocenters. The van der Waals surface area contributed by atoms with Crippen LogP contribution >= 0.6 is 34.5 Å². The molecule has 10 rings (SSSR count). The van der Waals surface area contributed by atoms with Crippen LogP contribution in [-0.2, 0) is 31.0 Å². The third-order valence-corrected chi connectivity index (χ3v) is 15.0. The van der Waals surface area contributed by atoms with E-state index in [1.165, 1.54) is 15.9 Å². The number of aromatic nitrogens is 2. The fourth-order valence-electron chi connectivity index (χ4n) is 10.4. The average Bonchev–Trinajstić information content (AvgIpc) is 3.89. The molecule has 58 heavy (non-hydrogen) atoms. The third-order valence-electron chi connectivity index (χ3n) is 13.3. The SMILES string of the molecule is Cc1c(-c2cc(N3C(=O)C4CC5C(=CCC6C(=O)N(c7ccc(N8CCOCC8)cc7)C(=O)C65)C(c5cc(Cl)ccc5O)C4(C)C3=O)n(C)n2)sc2ccc(Cl)cc12. The number of aryl methyl sites for hydroxylation is 2. The molecule has 2 aliphatic carbocycles. The molecule has 296 valence electrons. The van der Waals surface area contributed by atoms with Crippen molar-refractivity contribution in [3.63, 3.8) is 0 Å². The molecule has 1 N–H and O–H groups in total. The van der Waals surface area contributed by atoms with Crippen molar-refractivity contribution in [2.24, 2.45) is 36.1 Å². The van der Waals surface area contributed by atoms with E-state index >= 15 is 4.79 Å². The molecule has 1 saturated carbocycles. The Balaban J connectivity index is 1.04. The lowest BCUT2D eigenvalue weighted by Crippen LogP contribution is -2.49. The first-order chi connectivity index (χ1) is 27.9. The number of nitrogens with zero attached hydrogens (tertiary/aromatic N) is 5. The maximum Gasteiger partial charge on any atom is 0.242 e. The smallest absolute Gasteiger partial charge is 0.242 e. The fraction of sp³-hybridized carbons (Fsp3) is 0.341. The second kappa shape index (κ2) is 13.5. The molecule has 4 amide bonds. The Kier molecular flexibility index (Phi) is 8.69. The van der Waals surface area contributed by atoms with Crippen molar-refractivity contribution in [2.45, 2.75) is 32.6 Å². The number of ether oxygens (including phenoxy) is 1. The number of anilines is 3. The molecule has 0 spiro atoms. The van der Waals surface area contributed by atoms with Crippen LogP contribution in [0.5, 0.6) is 5.75 Å². The van der Waals surface area contributed by atoms with Crippen LogP contribution in [0.1, 0.15) is 36.8 Å². The van der Waals surface area contributed by atoms with Gasteiger partial charge in [0.25, 0.3) is 0 Å². The van der Waals surface area contributed by atoms with E-state index in [2.05, 4.69) is 4.90 Å². The Morgan fingerprint density at radius 1 is 0.862 bits per heavy atom. The highest BCUT2D eigenvalue weighted by atomic mass is 35.5. The topological polar surface area (TPSA) is 125 Å². The summed E-state index contributed by atoms with van der Waals surface area (Å²) in [6.45, 7) is 6.57. The van der Waals surface area contributed by atoms with Gasteiger partial charge < -0.3 is 14.7 Å². The molecule has 0 bridgehead atoms. The van der Waals surface area contributed by atoms with Crippen molar-refractivity contribution < 1.29 is 29.0 Å². The molecule has 3 aromatic carbocycles. The quantitative estimate of drug-likeness (QED) is 0.140. The lowest BCUT2D eigenvalue weighted by atomic mass is 9.51. The van der Waals surface area contributed by atoms with Gasteiger partial charge in [0, 0.05) is 58.1 Å². The minimum Gasteiger partial charge on any atom is -0.508 e. The molecule has 5 aromatic rings. The molecule has 11 nitrogen and oxygen atoms in total. The van der Waals surface area contributed by atoms with Crippen molar-refractivity contribution in [3.8, 4) is 16.3 Å². The number of carbonyl (C=O) groups is 4. The summed E-state index contributed by atoms with van der Waals surface area (Å²) in [6.07, 6.45) is 2.42. The number of halogens is 2. The lowest BCUT2D eigenvalue weighted by molar-refractivity contribution is -0.131. The number of rotatable bonds is 5. The Hall–Kier alpha value is -5.01. The largest absolute Gasteiger partial charge is 0.508 e. The average molecular weight is 837 g/mol. The zero-order valence-electron chi connectivity index (χ0n) is 31.9. The zero-order chi connectivity index (χ0) is 40.4. The molecule has 3 aliphatic heterocycles. The van der Waals surface area contributed by atoms with Gasteiger partial charge in [-0.05, 0) is 104 Å². The number of fused-ring (bicyclic) bond motifs is 5. The first-order valence-electron chi connectivity index (χ1n) is 19.5. The van der Waals surface area contributed by atoms with E-state index in [1.807, 2.05) is 55.5 Å². The van der Waals surface area contributed by atoms with Crippen LogP contribution < -0.4 is 14.7 Å². The van der Waals surface area contributed by atoms with Crippen LogP contribution in [0, 0.1) is 36.0 Å². The summed E-state index contributed by atoms with van der Waals surface area (Å²) >= 11 is 14.5. The Labute approximate surface area is 348 Å². The summed E-state index contributed by atoms with van der Waals surface area (Å²) in [7, 11) is 1.71. The minimum atomic E-state index is -1.37. The molecular formula is C44H39Cl2N5O6S. The molecule has 14 heteroatoms. The molecule has 2 aromatic heterocycles. The molecular weight excluding hydrogens is 797 g/mol. The Morgan fingerprint density at radius 2 is 1.57 bits per heavy atom. The van der Waals surface area contributed by atoms with Crippen molar-refractivity contribution in [3.05, 3.63) is 99.6 Å². The van der Waals surface area contributed by atoms with Gasteiger partial charge in [0.2, 0.25) is 23.6 Å². The zero-order valence-corrected chi connectivity index (χ0v) is 34.3. The van der Waals surface area contributed by atoms with Crippen LogP contribution in [0.25, 0.3) is 20.7 Å². The fourth-order valence-corrected chi connectivity index (χ4v) is 11.9. The number of benzene rings is 3. The highest BCUT2D eigenvalue weighted by molar-refractivity contribution is 7.22. The maximum absolute atomic E-state index is 15.2. The van der Waals surface area contributed by atoms with Gasteiger partial charge in [-0.15, -0.1) is 11.3 Å². The molecule has 3 saturated heterocycles. The van der Waals surface area contributed by atoms with Crippen molar-refractivity contribution in [1.82, 2.24) is 9.78 Å². The predicted molar refractivity (Wildman–Crippen MR) is 223 cm³/mol. The van der Waals surface area contributed by atoms with Gasteiger partial charge in [0.1, 0.15) is 17.3 Å². The number of phenolic OH excluding ortho intramolecular Hbond substituents is 1. The third kappa shape index (κ3) is 5.37. The molecule has 5 aliphatic rings. The highest BCUT2D eigenvalue weighted by Crippen LogP contribution is 2.64. The normalized spacial score (nSPS) is 27.0. The number of hydrogen-bond acceptors (Lipinski definition) is 9. The van der Waals surface area contributed by atoms with Crippen molar-refractivity contribution >= 4 is 85.4 Å². The van der Waals surface area contributed by atoms with Gasteiger partial charge in [-0.2, -0.15) is 5.10 Å². The number of phenols is 1. The van der Waals surface area contributed by atoms with E-state index < -0.39 is 46.8 Å². The van der Waals surface area contributed by atoms with Crippen LogP contribution in [0.2, 0.25) is 10.0 Å².